The van der Waals surface area contributed by atoms with Crippen molar-refractivity contribution >= 4 is 29.9 Å². The summed E-state index contributed by atoms with van der Waals surface area (Å²) >= 11 is 0. The summed E-state index contributed by atoms with van der Waals surface area (Å²) < 4.78 is 0. The van der Waals surface area contributed by atoms with Gasteiger partial charge in [-0.3, -0.25) is 4.99 Å². The SMILES string of the molecule is CN=C(NCCc1c(C)cc(C)cc1C)NC1CC=CC1.I. The van der Waals surface area contributed by atoms with Gasteiger partial charge in [0.15, 0.2) is 5.96 Å². The van der Waals surface area contributed by atoms with E-state index in [4.69, 9.17) is 0 Å². The number of hydrogen-bond donors (Lipinski definition) is 2. The third-order valence-corrected chi connectivity index (χ3v) is 4.08. The van der Waals surface area contributed by atoms with Gasteiger partial charge in [-0.2, -0.15) is 0 Å². The molecule has 2 N–H and O–H groups in total. The minimum Gasteiger partial charge on any atom is -0.356 e. The maximum absolute atomic E-state index is 4.31. The van der Waals surface area contributed by atoms with Crippen molar-refractivity contribution in [2.45, 2.75) is 46.1 Å². The molecular formula is C18H28IN3. The summed E-state index contributed by atoms with van der Waals surface area (Å²) in [5.74, 6) is 0.908. The molecule has 1 aliphatic carbocycles. The van der Waals surface area contributed by atoms with Crippen molar-refractivity contribution in [2.75, 3.05) is 13.6 Å². The second kappa shape index (κ2) is 9.18. The van der Waals surface area contributed by atoms with Crippen molar-refractivity contribution in [1.82, 2.24) is 10.6 Å². The molecule has 3 nitrogen and oxygen atoms in total. The predicted octanol–water partition coefficient (Wildman–Crippen LogP) is 3.66. The molecular weight excluding hydrogens is 385 g/mol. The van der Waals surface area contributed by atoms with Gasteiger partial charge in [-0.1, -0.05) is 29.8 Å². The first kappa shape index (κ1) is 19.0. The number of benzene rings is 1. The first-order chi connectivity index (χ1) is 10.1. The van der Waals surface area contributed by atoms with E-state index < -0.39 is 0 Å². The van der Waals surface area contributed by atoms with Crippen LogP contribution in [0.5, 0.6) is 0 Å². The summed E-state index contributed by atoms with van der Waals surface area (Å²) in [6.45, 7) is 7.47. The van der Waals surface area contributed by atoms with E-state index in [1.807, 2.05) is 7.05 Å². The molecule has 0 aliphatic heterocycles. The van der Waals surface area contributed by atoms with Gasteiger partial charge >= 0.3 is 0 Å². The molecule has 0 saturated carbocycles. The normalized spacial score (nSPS) is 14.8. The van der Waals surface area contributed by atoms with Crippen molar-refractivity contribution in [3.05, 3.63) is 46.5 Å². The van der Waals surface area contributed by atoms with Crippen LogP contribution >= 0.6 is 24.0 Å². The van der Waals surface area contributed by atoms with Crippen LogP contribution in [0.3, 0.4) is 0 Å². The van der Waals surface area contributed by atoms with E-state index in [2.05, 4.69) is 60.7 Å². The minimum atomic E-state index is 0. The zero-order valence-electron chi connectivity index (χ0n) is 14.1. The summed E-state index contributed by atoms with van der Waals surface area (Å²) in [7, 11) is 1.83. The van der Waals surface area contributed by atoms with Crippen LogP contribution in [-0.2, 0) is 6.42 Å². The Hall–Kier alpha value is -1.04. The van der Waals surface area contributed by atoms with Crippen molar-refractivity contribution < 1.29 is 0 Å². The highest BCUT2D eigenvalue weighted by Crippen LogP contribution is 2.16. The smallest absolute Gasteiger partial charge is 0.191 e. The fourth-order valence-corrected chi connectivity index (χ4v) is 3.03. The molecule has 4 heteroatoms. The Bertz CT molecular complexity index is 518. The fourth-order valence-electron chi connectivity index (χ4n) is 3.03. The molecule has 1 aromatic carbocycles. The Morgan fingerprint density at radius 3 is 2.27 bits per heavy atom. The summed E-state index contributed by atoms with van der Waals surface area (Å²) in [5.41, 5.74) is 5.56. The summed E-state index contributed by atoms with van der Waals surface area (Å²) in [6, 6.07) is 5.03. The van der Waals surface area contributed by atoms with Crippen molar-refractivity contribution in [2.24, 2.45) is 4.99 Å². The molecule has 0 heterocycles. The highest BCUT2D eigenvalue weighted by Gasteiger charge is 2.11. The summed E-state index contributed by atoms with van der Waals surface area (Å²) in [6.07, 6.45) is 7.67. The Morgan fingerprint density at radius 2 is 1.73 bits per heavy atom. The van der Waals surface area contributed by atoms with Gasteiger partial charge in [0.05, 0.1) is 0 Å². The third-order valence-electron chi connectivity index (χ3n) is 4.08. The van der Waals surface area contributed by atoms with Crippen LogP contribution in [0.25, 0.3) is 0 Å². The van der Waals surface area contributed by atoms with Gasteiger partial charge in [0.1, 0.15) is 0 Å². The van der Waals surface area contributed by atoms with Gasteiger partial charge in [0.2, 0.25) is 0 Å². The zero-order valence-corrected chi connectivity index (χ0v) is 16.4. The lowest BCUT2D eigenvalue weighted by molar-refractivity contribution is 0.632. The molecule has 0 spiro atoms. The topological polar surface area (TPSA) is 36.4 Å². The highest BCUT2D eigenvalue weighted by molar-refractivity contribution is 14.0. The van der Waals surface area contributed by atoms with E-state index >= 15 is 0 Å². The second-order valence-electron chi connectivity index (χ2n) is 5.91. The molecule has 0 amide bonds. The van der Waals surface area contributed by atoms with E-state index in [9.17, 15) is 0 Å². The van der Waals surface area contributed by atoms with E-state index in [-0.39, 0.29) is 24.0 Å². The highest BCUT2D eigenvalue weighted by atomic mass is 127. The number of rotatable bonds is 4. The average Bonchev–Trinajstić information content (AvgIpc) is 2.93. The Kier molecular flexibility index (Phi) is 7.93. The first-order valence-corrected chi connectivity index (χ1v) is 7.79. The van der Waals surface area contributed by atoms with Crippen molar-refractivity contribution in [3.63, 3.8) is 0 Å². The molecule has 0 atom stereocenters. The Balaban J connectivity index is 0.00000242. The lowest BCUT2D eigenvalue weighted by Gasteiger charge is -2.18. The minimum absolute atomic E-state index is 0. The van der Waals surface area contributed by atoms with Gasteiger partial charge in [0.25, 0.3) is 0 Å². The van der Waals surface area contributed by atoms with E-state index in [1.54, 1.807) is 0 Å². The van der Waals surface area contributed by atoms with Crippen LogP contribution in [0.15, 0.2) is 29.3 Å². The summed E-state index contributed by atoms with van der Waals surface area (Å²) in [4.78, 5) is 4.31. The lowest BCUT2D eigenvalue weighted by atomic mass is 9.97. The molecule has 2 rings (SSSR count). The Morgan fingerprint density at radius 1 is 1.14 bits per heavy atom. The van der Waals surface area contributed by atoms with Crippen LogP contribution in [0.2, 0.25) is 0 Å². The van der Waals surface area contributed by atoms with E-state index in [1.165, 1.54) is 22.3 Å². The van der Waals surface area contributed by atoms with Crippen molar-refractivity contribution in [1.29, 1.82) is 0 Å². The van der Waals surface area contributed by atoms with Gasteiger partial charge in [-0.05, 0) is 56.7 Å². The van der Waals surface area contributed by atoms with Crippen molar-refractivity contribution in [3.8, 4) is 0 Å². The monoisotopic (exact) mass is 413 g/mol. The second-order valence-corrected chi connectivity index (χ2v) is 5.91. The average molecular weight is 413 g/mol. The number of aliphatic imine (C=N–C) groups is 1. The molecule has 0 bridgehead atoms. The van der Waals surface area contributed by atoms with Crippen LogP contribution in [-0.4, -0.2) is 25.6 Å². The number of aryl methyl sites for hydroxylation is 3. The number of nitrogens with one attached hydrogen (secondary N) is 2. The molecule has 122 valence electrons. The van der Waals surface area contributed by atoms with Crippen LogP contribution in [0.4, 0.5) is 0 Å². The molecule has 0 saturated heterocycles. The molecule has 22 heavy (non-hydrogen) atoms. The van der Waals surface area contributed by atoms with Crippen LogP contribution < -0.4 is 10.6 Å². The van der Waals surface area contributed by atoms with Gasteiger partial charge in [-0.25, -0.2) is 0 Å². The fraction of sp³-hybridized carbons (Fsp3) is 0.500. The van der Waals surface area contributed by atoms with Gasteiger partial charge in [0, 0.05) is 19.6 Å². The standard InChI is InChI=1S/C18H27N3.HI/c1-13-11-14(2)17(15(3)12-13)9-10-20-18(19-4)21-16-7-5-6-8-16;/h5-6,11-12,16H,7-10H2,1-4H3,(H2,19,20,21);1H. The van der Waals surface area contributed by atoms with Crippen LogP contribution in [0, 0.1) is 20.8 Å². The molecule has 0 fully saturated rings. The third kappa shape index (κ3) is 5.30. The predicted molar refractivity (Wildman–Crippen MR) is 106 cm³/mol. The Labute approximate surface area is 151 Å². The number of halogens is 1. The lowest BCUT2D eigenvalue weighted by Crippen LogP contribution is -2.43. The number of hydrogen-bond acceptors (Lipinski definition) is 1. The van der Waals surface area contributed by atoms with E-state index in [0.717, 1.165) is 31.8 Å². The maximum atomic E-state index is 4.31. The van der Waals surface area contributed by atoms with Crippen LogP contribution in [0.1, 0.15) is 35.1 Å². The zero-order chi connectivity index (χ0) is 15.2. The molecule has 1 aliphatic rings. The summed E-state index contributed by atoms with van der Waals surface area (Å²) in [5, 5.41) is 6.89. The molecule has 0 radical (unpaired) electrons. The largest absolute Gasteiger partial charge is 0.356 e. The van der Waals surface area contributed by atoms with Gasteiger partial charge < -0.3 is 10.6 Å². The quantitative estimate of drug-likeness (QED) is 0.342. The molecule has 1 aromatic rings. The maximum Gasteiger partial charge on any atom is 0.191 e. The van der Waals surface area contributed by atoms with Gasteiger partial charge in [-0.15, -0.1) is 24.0 Å². The van der Waals surface area contributed by atoms with E-state index in [0.29, 0.717) is 6.04 Å². The first-order valence-electron chi connectivity index (χ1n) is 7.79. The molecule has 0 aromatic heterocycles. The number of guanidine groups is 1. The number of nitrogens with zero attached hydrogens (tertiary/aromatic N) is 1. The molecule has 0 unspecified atom stereocenters.